The van der Waals surface area contributed by atoms with E-state index in [0.29, 0.717) is 11.8 Å². The van der Waals surface area contributed by atoms with E-state index in [1.165, 1.54) is 19.3 Å². The fourth-order valence-electron chi connectivity index (χ4n) is 2.46. The highest BCUT2D eigenvalue weighted by atomic mass is 32.2. The van der Waals surface area contributed by atoms with Crippen LogP contribution in [0.15, 0.2) is 0 Å². The lowest BCUT2D eigenvalue weighted by molar-refractivity contribution is 0.482. The van der Waals surface area contributed by atoms with Gasteiger partial charge >= 0.3 is 0 Å². The molecule has 4 heteroatoms. The van der Waals surface area contributed by atoms with Gasteiger partial charge < -0.3 is 5.32 Å². The molecule has 2 aliphatic carbocycles. The topological polar surface area (TPSA) is 46.2 Å². The Balaban J connectivity index is 1.68. The van der Waals surface area contributed by atoms with Crippen molar-refractivity contribution in [2.45, 2.75) is 62.7 Å². The first kappa shape index (κ1) is 12.4. The van der Waals surface area contributed by atoms with Crippen LogP contribution in [-0.4, -0.2) is 32.0 Å². The molecule has 0 atom stereocenters. The van der Waals surface area contributed by atoms with Crippen LogP contribution in [-0.2, 0) is 9.84 Å². The van der Waals surface area contributed by atoms with Crippen LogP contribution in [0.25, 0.3) is 0 Å². The molecule has 0 aromatic rings. The summed E-state index contributed by atoms with van der Waals surface area (Å²) in [6, 6.07) is 0.692. The third-order valence-corrected chi connectivity index (χ3v) is 6.02. The number of sulfone groups is 1. The zero-order valence-electron chi connectivity index (χ0n) is 9.95. The highest BCUT2D eigenvalue weighted by molar-refractivity contribution is 7.92. The summed E-state index contributed by atoms with van der Waals surface area (Å²) in [6.07, 6.45) is 8.56. The Bertz CT molecular complexity index is 303. The quantitative estimate of drug-likeness (QED) is 0.727. The molecule has 0 unspecified atom stereocenters. The van der Waals surface area contributed by atoms with Gasteiger partial charge in [-0.3, -0.25) is 0 Å². The molecule has 0 aromatic carbocycles. The molecular formula is C12H23NO2S. The third kappa shape index (κ3) is 3.74. The monoisotopic (exact) mass is 245 g/mol. The van der Waals surface area contributed by atoms with Crippen LogP contribution >= 0.6 is 0 Å². The molecular weight excluding hydrogens is 222 g/mol. The van der Waals surface area contributed by atoms with E-state index in [1.807, 2.05) is 0 Å². The lowest BCUT2D eigenvalue weighted by atomic mass is 10.0. The maximum absolute atomic E-state index is 12.0. The van der Waals surface area contributed by atoms with E-state index in [1.54, 1.807) is 0 Å². The van der Waals surface area contributed by atoms with Crippen molar-refractivity contribution < 1.29 is 8.42 Å². The lowest BCUT2D eigenvalue weighted by Crippen LogP contribution is -2.28. The Morgan fingerprint density at radius 3 is 2.31 bits per heavy atom. The zero-order valence-corrected chi connectivity index (χ0v) is 10.8. The van der Waals surface area contributed by atoms with Crippen LogP contribution in [0.5, 0.6) is 0 Å². The van der Waals surface area contributed by atoms with Gasteiger partial charge in [-0.25, -0.2) is 8.42 Å². The van der Waals surface area contributed by atoms with Crippen LogP contribution < -0.4 is 5.32 Å². The van der Waals surface area contributed by atoms with Crippen molar-refractivity contribution in [2.75, 3.05) is 12.3 Å². The van der Waals surface area contributed by atoms with Gasteiger partial charge in [0.1, 0.15) is 0 Å². The first-order valence-electron chi connectivity index (χ1n) is 6.63. The number of hydrogen-bond acceptors (Lipinski definition) is 3. The van der Waals surface area contributed by atoms with Gasteiger partial charge in [0, 0.05) is 6.04 Å². The van der Waals surface area contributed by atoms with Crippen molar-refractivity contribution in [1.82, 2.24) is 5.32 Å². The van der Waals surface area contributed by atoms with E-state index in [4.69, 9.17) is 0 Å². The van der Waals surface area contributed by atoms with Crippen molar-refractivity contribution in [3.05, 3.63) is 0 Å². The Morgan fingerprint density at radius 2 is 1.69 bits per heavy atom. The Labute approximate surface area is 98.9 Å². The minimum absolute atomic E-state index is 0.0258. The molecule has 2 fully saturated rings. The fraction of sp³-hybridized carbons (Fsp3) is 1.00. The SMILES string of the molecule is O=S(=O)(CCCNC1CC1)C1CCCCC1. The van der Waals surface area contributed by atoms with Gasteiger partial charge in [0.25, 0.3) is 0 Å². The van der Waals surface area contributed by atoms with Gasteiger partial charge in [-0.05, 0) is 38.6 Å². The molecule has 0 radical (unpaired) electrons. The van der Waals surface area contributed by atoms with Crippen LogP contribution in [0, 0.1) is 0 Å². The molecule has 0 amide bonds. The van der Waals surface area contributed by atoms with E-state index >= 15 is 0 Å². The molecule has 0 bridgehead atoms. The molecule has 2 saturated carbocycles. The lowest BCUT2D eigenvalue weighted by Gasteiger charge is -2.21. The summed E-state index contributed by atoms with van der Waals surface area (Å²) in [6.45, 7) is 0.872. The maximum atomic E-state index is 12.0. The second kappa shape index (κ2) is 5.50. The summed E-state index contributed by atoms with van der Waals surface area (Å²) in [7, 11) is -2.80. The predicted octanol–water partition coefficient (Wildman–Crippen LogP) is 1.88. The molecule has 0 aromatic heterocycles. The van der Waals surface area contributed by atoms with Gasteiger partial charge in [0.2, 0.25) is 0 Å². The molecule has 0 saturated heterocycles. The largest absolute Gasteiger partial charge is 0.314 e. The predicted molar refractivity (Wildman–Crippen MR) is 66.3 cm³/mol. The van der Waals surface area contributed by atoms with Gasteiger partial charge in [0.15, 0.2) is 9.84 Å². The van der Waals surface area contributed by atoms with Gasteiger partial charge in [-0.15, -0.1) is 0 Å². The van der Waals surface area contributed by atoms with Crippen molar-refractivity contribution in [3.63, 3.8) is 0 Å². The molecule has 1 N–H and O–H groups in total. The summed E-state index contributed by atoms with van der Waals surface area (Å²) >= 11 is 0. The summed E-state index contributed by atoms with van der Waals surface area (Å²) in [5.41, 5.74) is 0. The minimum Gasteiger partial charge on any atom is -0.314 e. The van der Waals surface area contributed by atoms with Gasteiger partial charge in [0.05, 0.1) is 11.0 Å². The van der Waals surface area contributed by atoms with Crippen LogP contribution in [0.2, 0.25) is 0 Å². The number of rotatable bonds is 6. The summed E-state index contributed by atoms with van der Waals surface area (Å²) in [4.78, 5) is 0. The molecule has 16 heavy (non-hydrogen) atoms. The van der Waals surface area contributed by atoms with Gasteiger partial charge in [-0.2, -0.15) is 0 Å². The van der Waals surface area contributed by atoms with Crippen molar-refractivity contribution >= 4 is 9.84 Å². The minimum atomic E-state index is -2.80. The molecule has 94 valence electrons. The Hall–Kier alpha value is -0.0900. The Kier molecular flexibility index (Phi) is 4.25. The van der Waals surface area contributed by atoms with Crippen LogP contribution in [0.4, 0.5) is 0 Å². The van der Waals surface area contributed by atoms with E-state index < -0.39 is 9.84 Å². The van der Waals surface area contributed by atoms with Crippen molar-refractivity contribution in [1.29, 1.82) is 0 Å². The smallest absolute Gasteiger partial charge is 0.153 e. The van der Waals surface area contributed by atoms with E-state index in [9.17, 15) is 8.42 Å². The van der Waals surface area contributed by atoms with Crippen molar-refractivity contribution in [3.8, 4) is 0 Å². The zero-order chi connectivity index (χ0) is 11.4. The summed E-state index contributed by atoms with van der Waals surface area (Å²) < 4.78 is 24.0. The number of hydrogen-bond donors (Lipinski definition) is 1. The fourth-order valence-corrected chi connectivity index (χ4v) is 4.39. The molecule has 2 aliphatic rings. The molecule has 2 rings (SSSR count). The van der Waals surface area contributed by atoms with E-state index in [2.05, 4.69) is 5.32 Å². The second-order valence-corrected chi connectivity index (χ2v) is 7.61. The van der Waals surface area contributed by atoms with Crippen LogP contribution in [0.3, 0.4) is 0 Å². The highest BCUT2D eigenvalue weighted by Gasteiger charge is 2.27. The van der Waals surface area contributed by atoms with E-state index in [-0.39, 0.29) is 5.25 Å². The standard InChI is InChI=1S/C12H23NO2S/c14-16(15,12-5-2-1-3-6-12)10-4-9-13-11-7-8-11/h11-13H,1-10H2. The normalized spacial score (nSPS) is 23.5. The van der Waals surface area contributed by atoms with Crippen LogP contribution in [0.1, 0.15) is 51.4 Å². The third-order valence-electron chi connectivity index (χ3n) is 3.68. The Morgan fingerprint density at radius 1 is 1.00 bits per heavy atom. The first-order chi connectivity index (χ1) is 7.68. The summed E-state index contributed by atoms with van der Waals surface area (Å²) in [5, 5.41) is 3.34. The average Bonchev–Trinajstić information content (AvgIpc) is 3.10. The number of nitrogens with one attached hydrogen (secondary N) is 1. The molecule has 0 aliphatic heterocycles. The summed E-state index contributed by atoms with van der Waals surface area (Å²) in [5.74, 6) is 0.386. The van der Waals surface area contributed by atoms with E-state index in [0.717, 1.165) is 38.6 Å². The molecule has 3 nitrogen and oxygen atoms in total. The molecule has 0 heterocycles. The average molecular weight is 245 g/mol. The van der Waals surface area contributed by atoms with Gasteiger partial charge in [-0.1, -0.05) is 19.3 Å². The first-order valence-corrected chi connectivity index (χ1v) is 8.35. The molecule has 0 spiro atoms. The highest BCUT2D eigenvalue weighted by Crippen LogP contribution is 2.24. The second-order valence-electron chi connectivity index (χ2n) is 5.21. The maximum Gasteiger partial charge on any atom is 0.153 e. The van der Waals surface area contributed by atoms with Crippen molar-refractivity contribution in [2.24, 2.45) is 0 Å².